The Kier molecular flexibility index (Phi) is 6.46. The van der Waals surface area contributed by atoms with Crippen LogP contribution in [0, 0.1) is 11.1 Å². The molecule has 1 aromatic carbocycles. The van der Waals surface area contributed by atoms with E-state index in [4.69, 9.17) is 14.5 Å². The van der Waals surface area contributed by atoms with Gasteiger partial charge in [0.25, 0.3) is 0 Å². The Morgan fingerprint density at radius 2 is 2.05 bits per heavy atom. The lowest BCUT2D eigenvalue weighted by atomic mass is 10.3. The van der Waals surface area contributed by atoms with Crippen molar-refractivity contribution in [2.75, 3.05) is 6.54 Å². The van der Waals surface area contributed by atoms with Gasteiger partial charge in [0.2, 0.25) is 0 Å². The van der Waals surface area contributed by atoms with Crippen LogP contribution in [0.5, 0.6) is 5.75 Å². The minimum absolute atomic E-state index is 0.274. The second-order valence-electron chi connectivity index (χ2n) is 4.06. The molecule has 0 aromatic heterocycles. The van der Waals surface area contributed by atoms with Gasteiger partial charge >= 0.3 is 13.5 Å². The Morgan fingerprint density at radius 3 is 2.55 bits per heavy atom. The molecule has 0 spiro atoms. The van der Waals surface area contributed by atoms with Crippen LogP contribution < -0.4 is 4.52 Å². The smallest absolute Gasteiger partial charge is 0.428 e. The summed E-state index contributed by atoms with van der Waals surface area (Å²) < 4.78 is 23.6. The summed E-state index contributed by atoms with van der Waals surface area (Å²) in [5.41, 5.74) is 0. The zero-order valence-corrected chi connectivity index (χ0v) is 14.1. The summed E-state index contributed by atoms with van der Waals surface area (Å²) in [6.07, 6.45) is -0.274. The number of benzene rings is 1. The highest BCUT2D eigenvalue weighted by molar-refractivity contribution is 14.1. The summed E-state index contributed by atoms with van der Waals surface area (Å²) in [5, 5.41) is 9.08. The predicted octanol–water partition coefficient (Wildman–Crippen LogP) is 3.34. The van der Waals surface area contributed by atoms with Gasteiger partial charge in [-0.25, -0.2) is 4.57 Å². The van der Waals surface area contributed by atoms with E-state index in [1.54, 1.807) is 72.9 Å². The maximum Gasteiger partial charge on any atom is 0.428 e. The third-order valence-electron chi connectivity index (χ3n) is 2.01. The van der Waals surface area contributed by atoms with Crippen LogP contribution in [0.3, 0.4) is 0 Å². The van der Waals surface area contributed by atoms with Crippen molar-refractivity contribution in [2.45, 2.75) is 20.0 Å². The Hall–Kier alpha value is -1.10. The molecule has 20 heavy (non-hydrogen) atoms. The number of para-hydroxylation sites is 1. The van der Waals surface area contributed by atoms with E-state index in [1.807, 2.05) is 0 Å². The molecule has 8 heteroatoms. The second-order valence-corrected chi connectivity index (χ2v) is 7.89. The predicted molar refractivity (Wildman–Crippen MR) is 82.2 cm³/mol. The number of halogens is 1. The standard InChI is InChI=1S/C12H14IN2O4P/c1-10(2)18-12(16)8-15(13)20(17,9-14)19-11-6-4-3-5-7-11/h3-7,10H,8H2,1-2H3. The molecule has 0 heterocycles. The van der Waals surface area contributed by atoms with Crippen LogP contribution in [0.25, 0.3) is 0 Å². The van der Waals surface area contributed by atoms with Crippen LogP contribution in [0.2, 0.25) is 0 Å². The van der Waals surface area contributed by atoms with E-state index in [1.165, 1.54) is 0 Å². The lowest BCUT2D eigenvalue weighted by Gasteiger charge is -2.20. The summed E-state index contributed by atoms with van der Waals surface area (Å²) in [5.74, 6) is 1.36. The van der Waals surface area contributed by atoms with Crippen molar-refractivity contribution in [3.8, 4) is 11.6 Å². The Labute approximate surface area is 131 Å². The zero-order valence-electron chi connectivity index (χ0n) is 11.0. The highest BCUT2D eigenvalue weighted by Crippen LogP contribution is 2.51. The Bertz CT molecular complexity index is 544. The van der Waals surface area contributed by atoms with E-state index in [0.717, 1.165) is 2.88 Å². The van der Waals surface area contributed by atoms with Gasteiger partial charge in [0.15, 0.2) is 5.81 Å². The van der Waals surface area contributed by atoms with Crippen LogP contribution in [-0.4, -0.2) is 21.5 Å². The van der Waals surface area contributed by atoms with Crippen molar-refractivity contribution in [2.24, 2.45) is 0 Å². The van der Waals surface area contributed by atoms with E-state index < -0.39 is 13.5 Å². The number of nitriles is 1. The first-order chi connectivity index (χ1) is 9.37. The monoisotopic (exact) mass is 408 g/mol. The number of carbonyl (C=O) groups is 1. The van der Waals surface area contributed by atoms with Crippen molar-refractivity contribution in [3.63, 3.8) is 0 Å². The van der Waals surface area contributed by atoms with Gasteiger partial charge in [-0.3, -0.25) is 4.79 Å². The largest absolute Gasteiger partial charge is 0.462 e. The molecule has 0 aliphatic carbocycles. The highest BCUT2D eigenvalue weighted by Gasteiger charge is 2.34. The number of rotatable bonds is 6. The third kappa shape index (κ3) is 5.12. The van der Waals surface area contributed by atoms with Gasteiger partial charge in [0, 0.05) is 22.9 Å². The fraction of sp³-hybridized carbons (Fsp3) is 0.333. The van der Waals surface area contributed by atoms with Gasteiger partial charge in [-0.1, -0.05) is 18.2 Å². The molecule has 0 N–H and O–H groups in total. The quantitative estimate of drug-likeness (QED) is 0.311. The second kappa shape index (κ2) is 7.62. The molecule has 1 aromatic rings. The third-order valence-corrected chi connectivity index (χ3v) is 5.48. The first-order valence-corrected chi connectivity index (χ1v) is 8.31. The highest BCUT2D eigenvalue weighted by atomic mass is 127. The molecule has 108 valence electrons. The van der Waals surface area contributed by atoms with Crippen molar-refractivity contribution in [3.05, 3.63) is 30.3 Å². The average molecular weight is 408 g/mol. The molecule has 0 amide bonds. The lowest BCUT2D eigenvalue weighted by molar-refractivity contribution is -0.146. The molecule has 0 aliphatic rings. The van der Waals surface area contributed by atoms with Crippen LogP contribution >= 0.6 is 30.4 Å². The van der Waals surface area contributed by atoms with Crippen molar-refractivity contribution in [1.29, 1.82) is 5.26 Å². The summed E-state index contributed by atoms with van der Waals surface area (Å²) in [6, 6.07) is 8.33. The van der Waals surface area contributed by atoms with E-state index in [0.29, 0.717) is 5.75 Å². The molecule has 0 bridgehead atoms. The minimum atomic E-state index is -3.79. The van der Waals surface area contributed by atoms with Crippen molar-refractivity contribution < 1.29 is 18.6 Å². The SMILES string of the molecule is CC(C)OC(=O)CN(I)P(=O)(C#N)Oc1ccccc1. The van der Waals surface area contributed by atoms with Crippen LogP contribution in [-0.2, 0) is 14.1 Å². The number of hydrogen-bond acceptors (Lipinski definition) is 5. The molecule has 1 rings (SSSR count). The molecule has 1 atom stereocenters. The Morgan fingerprint density at radius 1 is 1.45 bits per heavy atom. The summed E-state index contributed by atoms with van der Waals surface area (Å²) in [4.78, 5) is 11.5. The van der Waals surface area contributed by atoms with E-state index in [2.05, 4.69) is 0 Å². The Balaban J connectivity index is 2.76. The number of hydrogen-bond donors (Lipinski definition) is 0. The van der Waals surface area contributed by atoms with E-state index in [9.17, 15) is 9.36 Å². The van der Waals surface area contributed by atoms with Crippen LogP contribution in [0.4, 0.5) is 0 Å². The van der Waals surface area contributed by atoms with E-state index >= 15 is 0 Å². The topological polar surface area (TPSA) is 79.6 Å². The fourth-order valence-corrected chi connectivity index (χ4v) is 3.01. The molecule has 0 saturated heterocycles. The van der Waals surface area contributed by atoms with Gasteiger partial charge in [-0.2, -0.15) is 5.26 Å². The molecule has 1 unspecified atom stereocenters. The van der Waals surface area contributed by atoms with E-state index in [-0.39, 0.29) is 12.6 Å². The van der Waals surface area contributed by atoms with Gasteiger partial charge in [0.1, 0.15) is 12.3 Å². The van der Waals surface area contributed by atoms with Crippen molar-refractivity contribution >= 4 is 36.4 Å². The molecule has 0 fully saturated rings. The van der Waals surface area contributed by atoms with Crippen molar-refractivity contribution in [1.82, 2.24) is 2.88 Å². The number of carbonyl (C=O) groups excluding carboxylic acids is 1. The maximum atomic E-state index is 12.4. The number of ether oxygens (including phenoxy) is 1. The maximum absolute atomic E-state index is 12.4. The lowest BCUT2D eigenvalue weighted by Crippen LogP contribution is -2.24. The van der Waals surface area contributed by atoms with Gasteiger partial charge in [-0.15, -0.1) is 2.88 Å². The summed E-state index contributed by atoms with van der Waals surface area (Å²) in [7, 11) is -3.79. The number of nitrogens with zero attached hydrogens (tertiary/aromatic N) is 2. The zero-order chi connectivity index (χ0) is 15.2. The summed E-state index contributed by atoms with van der Waals surface area (Å²) in [6.45, 7) is 3.12. The van der Waals surface area contributed by atoms with Gasteiger partial charge in [0.05, 0.1) is 6.10 Å². The average Bonchev–Trinajstić information content (AvgIpc) is 2.38. The molecular formula is C12H14IN2O4P. The first kappa shape index (κ1) is 17.0. The molecule has 0 saturated carbocycles. The van der Waals surface area contributed by atoms with Gasteiger partial charge in [-0.05, 0) is 26.0 Å². The normalized spacial score (nSPS) is 13.6. The first-order valence-electron chi connectivity index (χ1n) is 5.76. The summed E-state index contributed by atoms with van der Waals surface area (Å²) >= 11 is 1.63. The molecule has 6 nitrogen and oxygen atoms in total. The molecule has 0 radical (unpaired) electrons. The number of esters is 1. The fourth-order valence-electron chi connectivity index (χ4n) is 1.24. The van der Waals surface area contributed by atoms with Gasteiger partial charge < -0.3 is 9.26 Å². The molecule has 0 aliphatic heterocycles. The molecular weight excluding hydrogens is 394 g/mol. The van der Waals surface area contributed by atoms with Crippen LogP contribution in [0.1, 0.15) is 13.8 Å². The minimum Gasteiger partial charge on any atom is -0.462 e. The van der Waals surface area contributed by atoms with Crippen LogP contribution in [0.15, 0.2) is 30.3 Å².